The molecule has 0 radical (unpaired) electrons. The van der Waals surface area contributed by atoms with Gasteiger partial charge in [-0.1, -0.05) is 0 Å². The quantitative estimate of drug-likeness (QED) is 0.534. The SMILES string of the molecule is OCCCC1CCNCC1C1CNCCCN1CCCO. The molecule has 2 saturated heterocycles. The molecule has 0 bridgehead atoms. The first-order valence-corrected chi connectivity index (χ1v) is 8.74. The zero-order valence-corrected chi connectivity index (χ0v) is 13.3. The first-order valence-electron chi connectivity index (χ1n) is 8.74. The fourth-order valence-corrected chi connectivity index (χ4v) is 4.02. The summed E-state index contributed by atoms with van der Waals surface area (Å²) in [5, 5.41) is 25.5. The summed E-state index contributed by atoms with van der Waals surface area (Å²) in [5.41, 5.74) is 0. The molecular formula is C16H33N3O2. The number of piperidine rings is 1. The second-order valence-corrected chi connectivity index (χ2v) is 6.52. The van der Waals surface area contributed by atoms with Crippen LogP contribution in [0.1, 0.15) is 32.1 Å². The van der Waals surface area contributed by atoms with Gasteiger partial charge in [0.25, 0.3) is 0 Å². The highest BCUT2D eigenvalue weighted by atomic mass is 16.3. The molecule has 2 rings (SSSR count). The summed E-state index contributed by atoms with van der Waals surface area (Å²) in [6.45, 7) is 7.12. The van der Waals surface area contributed by atoms with Crippen LogP contribution in [0.2, 0.25) is 0 Å². The summed E-state index contributed by atoms with van der Waals surface area (Å²) in [4.78, 5) is 2.60. The maximum absolute atomic E-state index is 9.15. The smallest absolute Gasteiger partial charge is 0.0443 e. The molecule has 0 amide bonds. The van der Waals surface area contributed by atoms with E-state index in [1.807, 2.05) is 0 Å². The van der Waals surface area contributed by atoms with Gasteiger partial charge in [0.05, 0.1) is 0 Å². The minimum absolute atomic E-state index is 0.285. The van der Waals surface area contributed by atoms with Crippen LogP contribution < -0.4 is 10.6 Å². The molecule has 124 valence electrons. The molecule has 2 heterocycles. The van der Waals surface area contributed by atoms with Crippen LogP contribution in [0.4, 0.5) is 0 Å². The number of nitrogens with zero attached hydrogens (tertiary/aromatic N) is 1. The number of nitrogens with one attached hydrogen (secondary N) is 2. The van der Waals surface area contributed by atoms with Crippen molar-refractivity contribution in [1.29, 1.82) is 0 Å². The molecule has 0 aromatic heterocycles. The Hall–Kier alpha value is -0.200. The number of aliphatic hydroxyl groups is 2. The Balaban J connectivity index is 2.00. The first kappa shape index (κ1) is 17.2. The van der Waals surface area contributed by atoms with Crippen LogP contribution in [-0.2, 0) is 0 Å². The molecule has 4 N–H and O–H groups in total. The summed E-state index contributed by atoms with van der Waals surface area (Å²) in [6.07, 6.45) is 5.38. The molecule has 3 unspecified atom stereocenters. The van der Waals surface area contributed by atoms with Crippen LogP contribution >= 0.6 is 0 Å². The van der Waals surface area contributed by atoms with E-state index in [0.717, 1.165) is 64.4 Å². The second kappa shape index (κ2) is 9.74. The Morgan fingerprint density at radius 1 is 1.00 bits per heavy atom. The van der Waals surface area contributed by atoms with Gasteiger partial charge in [-0.2, -0.15) is 0 Å². The highest BCUT2D eigenvalue weighted by Gasteiger charge is 2.35. The number of rotatable bonds is 7. The van der Waals surface area contributed by atoms with E-state index in [9.17, 15) is 0 Å². The topological polar surface area (TPSA) is 67.8 Å². The third kappa shape index (κ3) is 5.18. The molecule has 2 aliphatic rings. The summed E-state index contributed by atoms with van der Waals surface area (Å²) >= 11 is 0. The molecule has 2 fully saturated rings. The van der Waals surface area contributed by atoms with E-state index < -0.39 is 0 Å². The van der Waals surface area contributed by atoms with Gasteiger partial charge in [0.2, 0.25) is 0 Å². The van der Waals surface area contributed by atoms with E-state index in [4.69, 9.17) is 10.2 Å². The highest BCUT2D eigenvalue weighted by Crippen LogP contribution is 2.30. The lowest BCUT2D eigenvalue weighted by Gasteiger charge is -2.42. The van der Waals surface area contributed by atoms with Crippen molar-refractivity contribution >= 4 is 0 Å². The van der Waals surface area contributed by atoms with Crippen molar-refractivity contribution in [3.63, 3.8) is 0 Å². The lowest BCUT2D eigenvalue weighted by Crippen LogP contribution is -2.53. The van der Waals surface area contributed by atoms with Crippen molar-refractivity contribution in [2.75, 3.05) is 52.5 Å². The minimum Gasteiger partial charge on any atom is -0.396 e. The molecule has 0 aromatic rings. The first-order chi connectivity index (χ1) is 10.4. The van der Waals surface area contributed by atoms with Crippen LogP contribution in [-0.4, -0.2) is 73.6 Å². The second-order valence-electron chi connectivity index (χ2n) is 6.52. The van der Waals surface area contributed by atoms with E-state index in [2.05, 4.69) is 15.5 Å². The van der Waals surface area contributed by atoms with Gasteiger partial charge in [-0.05, 0) is 70.1 Å². The van der Waals surface area contributed by atoms with Gasteiger partial charge in [0.15, 0.2) is 0 Å². The minimum atomic E-state index is 0.285. The van der Waals surface area contributed by atoms with E-state index in [-0.39, 0.29) is 6.61 Å². The number of aliphatic hydroxyl groups excluding tert-OH is 2. The molecule has 21 heavy (non-hydrogen) atoms. The van der Waals surface area contributed by atoms with Crippen LogP contribution in [0.25, 0.3) is 0 Å². The maximum atomic E-state index is 9.15. The Bertz CT molecular complexity index is 278. The maximum Gasteiger partial charge on any atom is 0.0443 e. The summed E-state index contributed by atoms with van der Waals surface area (Å²) in [7, 11) is 0. The van der Waals surface area contributed by atoms with Gasteiger partial charge in [-0.15, -0.1) is 0 Å². The average Bonchev–Trinajstić information content (AvgIpc) is 2.76. The van der Waals surface area contributed by atoms with E-state index >= 15 is 0 Å². The predicted octanol–water partition coefficient (Wildman–Crippen LogP) is 0.0309. The fraction of sp³-hybridized carbons (Fsp3) is 1.00. The lowest BCUT2D eigenvalue weighted by molar-refractivity contribution is 0.0823. The van der Waals surface area contributed by atoms with Gasteiger partial charge in [-0.25, -0.2) is 0 Å². The van der Waals surface area contributed by atoms with Gasteiger partial charge in [0.1, 0.15) is 0 Å². The van der Waals surface area contributed by atoms with Crippen LogP contribution in [0.3, 0.4) is 0 Å². The molecule has 5 heteroatoms. The van der Waals surface area contributed by atoms with Crippen molar-refractivity contribution in [2.45, 2.75) is 38.1 Å². The summed E-state index contributed by atoms with van der Waals surface area (Å²) < 4.78 is 0. The Labute approximate surface area is 129 Å². The van der Waals surface area contributed by atoms with Crippen LogP contribution in [0.15, 0.2) is 0 Å². The molecule has 3 atom stereocenters. The van der Waals surface area contributed by atoms with Crippen molar-refractivity contribution in [3.05, 3.63) is 0 Å². The largest absolute Gasteiger partial charge is 0.396 e. The number of hydrogen-bond donors (Lipinski definition) is 4. The third-order valence-electron chi connectivity index (χ3n) is 5.13. The zero-order chi connectivity index (χ0) is 14.9. The Morgan fingerprint density at radius 3 is 2.62 bits per heavy atom. The van der Waals surface area contributed by atoms with Gasteiger partial charge in [-0.3, -0.25) is 4.90 Å². The standard InChI is InChI=1S/C16H33N3O2/c20-10-1-4-14-5-7-18-12-15(14)16-13-17-6-2-8-19(16)9-3-11-21/h14-18,20-21H,1-13H2. The predicted molar refractivity (Wildman–Crippen MR) is 85.3 cm³/mol. The monoisotopic (exact) mass is 299 g/mol. The van der Waals surface area contributed by atoms with E-state index in [1.165, 1.54) is 12.8 Å². The molecule has 2 aliphatic heterocycles. The fourth-order valence-electron chi connectivity index (χ4n) is 4.02. The lowest BCUT2D eigenvalue weighted by atomic mass is 9.78. The van der Waals surface area contributed by atoms with Gasteiger partial charge < -0.3 is 20.8 Å². The summed E-state index contributed by atoms with van der Waals surface area (Å²) in [6, 6.07) is 0.565. The summed E-state index contributed by atoms with van der Waals surface area (Å²) in [5.74, 6) is 1.38. The van der Waals surface area contributed by atoms with Gasteiger partial charge >= 0.3 is 0 Å². The van der Waals surface area contributed by atoms with E-state index in [0.29, 0.717) is 18.6 Å². The molecule has 5 nitrogen and oxygen atoms in total. The van der Waals surface area contributed by atoms with Crippen LogP contribution in [0.5, 0.6) is 0 Å². The Kier molecular flexibility index (Phi) is 7.96. The van der Waals surface area contributed by atoms with Crippen molar-refractivity contribution in [2.24, 2.45) is 11.8 Å². The molecular weight excluding hydrogens is 266 g/mol. The van der Waals surface area contributed by atoms with Crippen molar-refractivity contribution in [3.8, 4) is 0 Å². The van der Waals surface area contributed by atoms with Crippen molar-refractivity contribution < 1.29 is 10.2 Å². The Morgan fingerprint density at radius 2 is 1.81 bits per heavy atom. The molecule has 0 saturated carbocycles. The zero-order valence-electron chi connectivity index (χ0n) is 13.3. The van der Waals surface area contributed by atoms with Crippen LogP contribution in [0, 0.1) is 11.8 Å². The van der Waals surface area contributed by atoms with E-state index in [1.54, 1.807) is 0 Å². The normalized spacial score (nSPS) is 32.0. The molecule has 0 aromatic carbocycles. The van der Waals surface area contributed by atoms with Gasteiger partial charge in [0, 0.05) is 32.3 Å². The van der Waals surface area contributed by atoms with Crippen molar-refractivity contribution in [1.82, 2.24) is 15.5 Å². The third-order valence-corrected chi connectivity index (χ3v) is 5.13. The molecule has 0 aliphatic carbocycles. The highest BCUT2D eigenvalue weighted by molar-refractivity contribution is 4.91. The molecule has 0 spiro atoms. The average molecular weight is 299 g/mol. The number of hydrogen-bond acceptors (Lipinski definition) is 5.